The average Bonchev–Trinajstić information content (AvgIpc) is 2.55. The van der Waals surface area contributed by atoms with Crippen LogP contribution in [0.3, 0.4) is 0 Å². The van der Waals surface area contributed by atoms with Crippen molar-refractivity contribution in [2.45, 2.75) is 12.8 Å². The summed E-state index contributed by atoms with van der Waals surface area (Å²) in [5.41, 5.74) is 4.76. The molecular weight excluding hydrogens is 343 g/mol. The zero-order chi connectivity index (χ0) is 17.9. The second kappa shape index (κ2) is 7.48. The molecule has 130 valence electrons. The lowest BCUT2D eigenvalue weighted by atomic mass is 9.97. The zero-order valence-electron chi connectivity index (χ0n) is 12.6. The lowest BCUT2D eigenvalue weighted by Gasteiger charge is -2.31. The van der Waals surface area contributed by atoms with Crippen LogP contribution in [0.15, 0.2) is 12.1 Å². The number of hydrogen-bond acceptors (Lipinski definition) is 5. The first-order chi connectivity index (χ1) is 11.3. The number of rotatable bonds is 4. The van der Waals surface area contributed by atoms with E-state index in [9.17, 15) is 23.9 Å². The summed E-state index contributed by atoms with van der Waals surface area (Å²) in [6.07, 6.45) is 1.22. The SMILES string of the molecule is NC(=O)C1CCCN(C(=O)COC(=O)c2cc(F)cc(Cl)c2O)C1. The van der Waals surface area contributed by atoms with E-state index >= 15 is 0 Å². The topological polar surface area (TPSA) is 110 Å². The molecule has 1 aromatic carbocycles. The Labute approximate surface area is 142 Å². The fourth-order valence-electron chi connectivity index (χ4n) is 2.45. The van der Waals surface area contributed by atoms with Gasteiger partial charge in [0.05, 0.1) is 10.9 Å². The summed E-state index contributed by atoms with van der Waals surface area (Å²) in [5.74, 6) is -3.94. The number of carbonyl (C=O) groups excluding carboxylic acids is 3. The monoisotopic (exact) mass is 358 g/mol. The Kier molecular flexibility index (Phi) is 5.61. The normalized spacial score (nSPS) is 17.4. The number of halogens is 2. The van der Waals surface area contributed by atoms with Crippen molar-refractivity contribution in [1.29, 1.82) is 0 Å². The average molecular weight is 359 g/mol. The number of piperidine rings is 1. The molecular formula is C15H16ClFN2O5. The molecule has 0 aliphatic carbocycles. The summed E-state index contributed by atoms with van der Waals surface area (Å²) in [5, 5.41) is 9.32. The molecule has 0 spiro atoms. The van der Waals surface area contributed by atoms with Gasteiger partial charge in [-0.1, -0.05) is 11.6 Å². The van der Waals surface area contributed by atoms with Gasteiger partial charge in [0.1, 0.15) is 17.1 Å². The van der Waals surface area contributed by atoms with Crippen molar-refractivity contribution in [3.63, 3.8) is 0 Å². The van der Waals surface area contributed by atoms with E-state index in [0.717, 1.165) is 12.1 Å². The van der Waals surface area contributed by atoms with Crippen molar-refractivity contribution in [3.8, 4) is 5.75 Å². The maximum atomic E-state index is 13.3. The number of phenolic OH excluding ortho intramolecular Hbond substituents is 1. The van der Waals surface area contributed by atoms with Gasteiger partial charge in [0.25, 0.3) is 5.91 Å². The van der Waals surface area contributed by atoms with Crippen LogP contribution in [0.1, 0.15) is 23.2 Å². The number of benzene rings is 1. The number of nitrogens with zero attached hydrogens (tertiary/aromatic N) is 1. The Morgan fingerprint density at radius 3 is 2.79 bits per heavy atom. The first-order valence-electron chi connectivity index (χ1n) is 7.21. The van der Waals surface area contributed by atoms with E-state index in [1.807, 2.05) is 0 Å². The third-order valence-electron chi connectivity index (χ3n) is 3.75. The predicted octanol–water partition coefficient (Wildman–Crippen LogP) is 1.07. The van der Waals surface area contributed by atoms with Gasteiger partial charge in [-0.25, -0.2) is 9.18 Å². The highest BCUT2D eigenvalue weighted by molar-refractivity contribution is 6.32. The third-order valence-corrected chi connectivity index (χ3v) is 4.04. The minimum absolute atomic E-state index is 0.169. The maximum absolute atomic E-state index is 13.3. The molecule has 7 nitrogen and oxygen atoms in total. The largest absolute Gasteiger partial charge is 0.505 e. The van der Waals surface area contributed by atoms with Crippen molar-refractivity contribution >= 4 is 29.4 Å². The van der Waals surface area contributed by atoms with E-state index in [1.165, 1.54) is 4.90 Å². The van der Waals surface area contributed by atoms with Crippen LogP contribution in [0.25, 0.3) is 0 Å². The molecule has 0 radical (unpaired) electrons. The summed E-state index contributed by atoms with van der Waals surface area (Å²) < 4.78 is 18.1. The van der Waals surface area contributed by atoms with Gasteiger partial charge in [-0.15, -0.1) is 0 Å². The molecule has 1 aliphatic heterocycles. The van der Waals surface area contributed by atoms with Crippen molar-refractivity contribution in [2.75, 3.05) is 19.7 Å². The van der Waals surface area contributed by atoms with Crippen LogP contribution in [0.5, 0.6) is 5.75 Å². The second-order valence-corrected chi connectivity index (χ2v) is 5.85. The summed E-state index contributed by atoms with van der Waals surface area (Å²) in [7, 11) is 0. The summed E-state index contributed by atoms with van der Waals surface area (Å²) >= 11 is 5.58. The molecule has 2 rings (SSSR count). The molecule has 2 amide bonds. The summed E-state index contributed by atoms with van der Waals surface area (Å²) in [4.78, 5) is 36.5. The highest BCUT2D eigenvalue weighted by atomic mass is 35.5. The molecule has 1 fully saturated rings. The molecule has 1 unspecified atom stereocenters. The summed E-state index contributed by atoms with van der Waals surface area (Å²) in [6.45, 7) is -0.00213. The Morgan fingerprint density at radius 2 is 2.12 bits per heavy atom. The quantitative estimate of drug-likeness (QED) is 0.782. The molecule has 1 saturated heterocycles. The number of aromatic hydroxyl groups is 1. The van der Waals surface area contributed by atoms with E-state index in [-0.39, 0.29) is 11.6 Å². The minimum Gasteiger partial charge on any atom is -0.505 e. The lowest BCUT2D eigenvalue weighted by Crippen LogP contribution is -2.45. The van der Waals surface area contributed by atoms with E-state index in [0.29, 0.717) is 19.4 Å². The van der Waals surface area contributed by atoms with Gasteiger partial charge >= 0.3 is 5.97 Å². The number of esters is 1. The van der Waals surface area contributed by atoms with Gasteiger partial charge in [-0.05, 0) is 25.0 Å². The number of primary amides is 1. The molecule has 1 heterocycles. The first kappa shape index (κ1) is 18.0. The predicted molar refractivity (Wildman–Crippen MR) is 81.9 cm³/mol. The Hall–Kier alpha value is -2.35. The van der Waals surface area contributed by atoms with Crippen molar-refractivity contribution in [2.24, 2.45) is 11.7 Å². The molecule has 0 saturated carbocycles. The molecule has 0 aromatic heterocycles. The number of amides is 2. The van der Waals surface area contributed by atoms with E-state index in [2.05, 4.69) is 0 Å². The fourth-order valence-corrected chi connectivity index (χ4v) is 2.66. The van der Waals surface area contributed by atoms with Crippen LogP contribution < -0.4 is 5.73 Å². The molecule has 9 heteroatoms. The van der Waals surface area contributed by atoms with Crippen molar-refractivity contribution in [3.05, 3.63) is 28.5 Å². The van der Waals surface area contributed by atoms with E-state index in [1.54, 1.807) is 0 Å². The maximum Gasteiger partial charge on any atom is 0.342 e. The standard InChI is InChI=1S/C15H16ClFN2O5/c16-11-5-9(17)4-10(13(11)21)15(23)24-7-12(20)19-3-1-2-8(6-19)14(18)22/h4-5,8,21H,1-3,6-7H2,(H2,18,22). The molecule has 0 bridgehead atoms. The molecule has 1 aliphatic rings. The third kappa shape index (κ3) is 4.14. The molecule has 1 aromatic rings. The minimum atomic E-state index is -1.08. The van der Waals surface area contributed by atoms with Crippen molar-refractivity contribution in [1.82, 2.24) is 4.90 Å². The second-order valence-electron chi connectivity index (χ2n) is 5.44. The summed E-state index contributed by atoms with van der Waals surface area (Å²) in [6, 6.07) is 1.61. The number of carbonyl (C=O) groups is 3. The van der Waals surface area contributed by atoms with Crippen LogP contribution in [0, 0.1) is 11.7 Å². The number of ether oxygens (including phenoxy) is 1. The zero-order valence-corrected chi connectivity index (χ0v) is 13.4. The van der Waals surface area contributed by atoms with Gasteiger partial charge in [-0.3, -0.25) is 9.59 Å². The van der Waals surface area contributed by atoms with E-state index in [4.69, 9.17) is 22.1 Å². The number of nitrogens with two attached hydrogens (primary N) is 1. The van der Waals surface area contributed by atoms with Crippen LogP contribution in [0.2, 0.25) is 5.02 Å². The first-order valence-corrected chi connectivity index (χ1v) is 7.59. The molecule has 1 atom stereocenters. The van der Waals surface area contributed by atoms with Gasteiger partial charge in [0.15, 0.2) is 6.61 Å². The molecule has 24 heavy (non-hydrogen) atoms. The van der Waals surface area contributed by atoms with Crippen LogP contribution in [-0.2, 0) is 14.3 Å². The van der Waals surface area contributed by atoms with E-state index < -0.39 is 47.4 Å². The van der Waals surface area contributed by atoms with Gasteiger partial charge < -0.3 is 20.5 Å². The van der Waals surface area contributed by atoms with Crippen LogP contribution >= 0.6 is 11.6 Å². The Morgan fingerprint density at radius 1 is 1.42 bits per heavy atom. The Bertz CT molecular complexity index is 682. The van der Waals surface area contributed by atoms with Crippen molar-refractivity contribution < 1.29 is 28.6 Å². The fraction of sp³-hybridized carbons (Fsp3) is 0.400. The smallest absolute Gasteiger partial charge is 0.342 e. The molecule has 3 N–H and O–H groups in total. The van der Waals surface area contributed by atoms with Crippen LogP contribution in [-0.4, -0.2) is 47.5 Å². The number of likely N-dealkylation sites (tertiary alicyclic amines) is 1. The van der Waals surface area contributed by atoms with Gasteiger partial charge in [0.2, 0.25) is 5.91 Å². The highest BCUT2D eigenvalue weighted by Crippen LogP contribution is 2.29. The number of phenols is 1. The lowest BCUT2D eigenvalue weighted by molar-refractivity contribution is -0.137. The van der Waals surface area contributed by atoms with Gasteiger partial charge in [0, 0.05) is 13.1 Å². The highest BCUT2D eigenvalue weighted by Gasteiger charge is 2.28. The Balaban J connectivity index is 1.96. The van der Waals surface area contributed by atoms with Gasteiger partial charge in [-0.2, -0.15) is 0 Å². The number of hydrogen-bond donors (Lipinski definition) is 2. The van der Waals surface area contributed by atoms with Crippen LogP contribution in [0.4, 0.5) is 4.39 Å².